The van der Waals surface area contributed by atoms with Crippen molar-refractivity contribution in [2.75, 3.05) is 13.2 Å². The maximum Gasteiger partial charge on any atom is 0.335 e. The Labute approximate surface area is 156 Å². The summed E-state index contributed by atoms with van der Waals surface area (Å²) in [6.07, 6.45) is -0.312. The average molecular weight is 393 g/mol. The lowest BCUT2D eigenvalue weighted by Crippen LogP contribution is -2.08. The Morgan fingerprint density at radius 2 is 1.70 bits per heavy atom. The topological polar surface area (TPSA) is 116 Å². The quantitative estimate of drug-likeness (QED) is 0.292. The molecule has 0 aliphatic carbocycles. The number of hydrogen-bond donors (Lipinski definition) is 1. The van der Waals surface area contributed by atoms with Crippen molar-refractivity contribution in [3.63, 3.8) is 0 Å². The number of carbonyl (C=O) groups is 1. The van der Waals surface area contributed by atoms with Crippen molar-refractivity contribution in [2.45, 2.75) is 20.0 Å². The number of nitrogens with zero attached hydrogens (tertiary/aromatic N) is 1. The second-order valence-electron chi connectivity index (χ2n) is 5.52. The van der Waals surface area contributed by atoms with Crippen LogP contribution in [0, 0.1) is 10.1 Å². The fourth-order valence-corrected chi connectivity index (χ4v) is 4.31. The van der Waals surface area contributed by atoms with Crippen molar-refractivity contribution in [1.29, 1.82) is 0 Å². The summed E-state index contributed by atoms with van der Waals surface area (Å²) in [7, 11) is -3.57. The lowest BCUT2D eigenvalue weighted by Gasteiger charge is -2.18. The van der Waals surface area contributed by atoms with E-state index in [1.165, 1.54) is 18.2 Å². The smallest absolute Gasteiger partial charge is 0.335 e. The van der Waals surface area contributed by atoms with Crippen LogP contribution in [-0.2, 0) is 19.8 Å². The molecule has 0 aromatic heterocycles. The molecule has 27 heavy (non-hydrogen) atoms. The average Bonchev–Trinajstić information content (AvgIpc) is 2.63. The number of phenolic OH excluding ortho intramolecular Hbond substituents is 1. The Balaban J connectivity index is 2.55. The van der Waals surface area contributed by atoms with Gasteiger partial charge in [-0.1, -0.05) is 30.3 Å². The van der Waals surface area contributed by atoms with Crippen LogP contribution < -0.4 is 0 Å². The zero-order valence-corrected chi connectivity index (χ0v) is 15.8. The third kappa shape index (κ3) is 4.80. The Hall–Kier alpha value is -2.54. The molecule has 0 saturated carbocycles. The molecule has 0 aliphatic heterocycles. The van der Waals surface area contributed by atoms with Crippen molar-refractivity contribution >= 4 is 19.1 Å². The highest BCUT2D eigenvalue weighted by atomic mass is 31.2. The second-order valence-corrected chi connectivity index (χ2v) is 7.58. The van der Waals surface area contributed by atoms with Gasteiger partial charge in [0.2, 0.25) is 5.78 Å². The van der Waals surface area contributed by atoms with Gasteiger partial charge in [0.1, 0.15) is 11.3 Å². The maximum atomic E-state index is 12.8. The molecule has 2 rings (SSSR count). The SMILES string of the molecule is CCOP(=O)(Cc1ccc([N+](=O)[O-])c(C(=O)c2ccccc2)c1O)OCC. The number of phenols is 1. The minimum absolute atomic E-state index is 0.0742. The summed E-state index contributed by atoms with van der Waals surface area (Å²) >= 11 is 0. The van der Waals surface area contributed by atoms with E-state index in [0.29, 0.717) is 0 Å². The standard InChI is InChI=1S/C18H20NO7P/c1-3-25-27(24,26-4-2)12-14-10-11-15(19(22)23)16(18(14)21)17(20)13-8-6-5-7-9-13/h5-11,21H,3-4,12H2,1-2H3. The van der Waals surface area contributed by atoms with E-state index in [9.17, 15) is 24.6 Å². The molecule has 0 spiro atoms. The second kappa shape index (κ2) is 8.90. The molecule has 0 bridgehead atoms. The molecule has 0 fully saturated rings. The largest absolute Gasteiger partial charge is 0.507 e. The highest BCUT2D eigenvalue weighted by Gasteiger charge is 2.31. The molecule has 0 amide bonds. The molecule has 0 atom stereocenters. The molecule has 0 unspecified atom stereocenters. The molecular weight excluding hydrogens is 373 g/mol. The van der Waals surface area contributed by atoms with Crippen LogP contribution in [0.3, 0.4) is 0 Å². The van der Waals surface area contributed by atoms with Gasteiger partial charge in [-0.25, -0.2) is 0 Å². The van der Waals surface area contributed by atoms with E-state index in [2.05, 4.69) is 0 Å². The highest BCUT2D eigenvalue weighted by molar-refractivity contribution is 7.53. The van der Waals surface area contributed by atoms with Crippen LogP contribution in [-0.4, -0.2) is 29.0 Å². The number of hydrogen-bond acceptors (Lipinski definition) is 7. The molecular formula is C18H20NO7P. The zero-order chi connectivity index (χ0) is 20.0. The number of nitro benzene ring substituents is 1. The van der Waals surface area contributed by atoms with Crippen molar-refractivity contribution in [2.24, 2.45) is 0 Å². The van der Waals surface area contributed by atoms with Gasteiger partial charge in [0, 0.05) is 17.2 Å². The third-order valence-corrected chi connectivity index (χ3v) is 5.75. The molecule has 0 saturated heterocycles. The van der Waals surface area contributed by atoms with Crippen LogP contribution in [0.1, 0.15) is 35.3 Å². The van der Waals surface area contributed by atoms with E-state index >= 15 is 0 Å². The molecule has 2 aromatic carbocycles. The molecule has 2 aromatic rings. The normalized spacial score (nSPS) is 11.3. The zero-order valence-electron chi connectivity index (χ0n) is 15.0. The first-order valence-electron chi connectivity index (χ1n) is 8.30. The summed E-state index contributed by atoms with van der Waals surface area (Å²) in [4.78, 5) is 23.4. The van der Waals surface area contributed by atoms with Gasteiger partial charge >= 0.3 is 7.60 Å². The maximum absolute atomic E-state index is 12.8. The molecule has 8 nitrogen and oxygen atoms in total. The number of ketones is 1. The predicted octanol–water partition coefficient (Wildman–Crippen LogP) is 4.30. The summed E-state index contributed by atoms with van der Waals surface area (Å²) < 4.78 is 23.1. The van der Waals surface area contributed by atoms with Gasteiger partial charge in [-0.3, -0.25) is 19.5 Å². The summed E-state index contributed by atoms with van der Waals surface area (Å²) in [5.41, 5.74) is -0.730. The van der Waals surface area contributed by atoms with Crippen molar-refractivity contribution in [1.82, 2.24) is 0 Å². The van der Waals surface area contributed by atoms with Crippen LogP contribution in [0.15, 0.2) is 42.5 Å². The van der Waals surface area contributed by atoms with Gasteiger partial charge in [0.05, 0.1) is 24.3 Å². The van der Waals surface area contributed by atoms with Gasteiger partial charge in [-0.15, -0.1) is 0 Å². The number of carbonyl (C=O) groups excluding carboxylic acids is 1. The van der Waals surface area contributed by atoms with E-state index < -0.39 is 35.3 Å². The van der Waals surface area contributed by atoms with Crippen LogP contribution in [0.25, 0.3) is 0 Å². The first-order chi connectivity index (χ1) is 12.8. The van der Waals surface area contributed by atoms with Gasteiger partial charge in [0.25, 0.3) is 5.69 Å². The number of rotatable bonds is 9. The monoisotopic (exact) mass is 393 g/mol. The highest BCUT2D eigenvalue weighted by Crippen LogP contribution is 2.53. The lowest BCUT2D eigenvalue weighted by atomic mass is 9.98. The Morgan fingerprint density at radius 3 is 2.22 bits per heavy atom. The minimum Gasteiger partial charge on any atom is -0.507 e. The first kappa shape index (κ1) is 20.8. The lowest BCUT2D eigenvalue weighted by molar-refractivity contribution is -0.385. The Morgan fingerprint density at radius 1 is 1.11 bits per heavy atom. The van der Waals surface area contributed by atoms with Crippen molar-refractivity contribution < 1.29 is 28.4 Å². The van der Waals surface area contributed by atoms with Crippen LogP contribution >= 0.6 is 7.60 Å². The molecule has 9 heteroatoms. The molecule has 0 aliphatic rings. The summed E-state index contributed by atoms with van der Waals surface area (Å²) in [6.45, 7) is 3.54. The van der Waals surface area contributed by atoms with Crippen molar-refractivity contribution in [3.8, 4) is 5.75 Å². The van der Waals surface area contributed by atoms with E-state index in [4.69, 9.17) is 9.05 Å². The Bertz CT molecular complexity index is 873. The summed E-state index contributed by atoms with van der Waals surface area (Å²) in [5, 5.41) is 21.9. The van der Waals surface area contributed by atoms with Crippen LogP contribution in [0.5, 0.6) is 5.75 Å². The third-order valence-electron chi connectivity index (χ3n) is 3.71. The van der Waals surface area contributed by atoms with Gasteiger partial charge in [-0.2, -0.15) is 0 Å². The van der Waals surface area contributed by atoms with Gasteiger partial charge in [0.15, 0.2) is 0 Å². The van der Waals surface area contributed by atoms with Crippen LogP contribution in [0.4, 0.5) is 5.69 Å². The van der Waals surface area contributed by atoms with Crippen molar-refractivity contribution in [3.05, 3.63) is 69.3 Å². The van der Waals surface area contributed by atoms with E-state index in [1.54, 1.807) is 32.0 Å². The van der Waals surface area contributed by atoms with E-state index in [0.717, 1.165) is 6.07 Å². The summed E-state index contributed by atoms with van der Waals surface area (Å²) in [5.74, 6) is -1.30. The molecule has 0 heterocycles. The predicted molar refractivity (Wildman–Crippen MR) is 99.2 cm³/mol. The van der Waals surface area contributed by atoms with E-state index in [1.807, 2.05) is 0 Å². The molecule has 1 N–H and O–H groups in total. The molecule has 0 radical (unpaired) electrons. The number of aromatic hydroxyl groups is 1. The summed E-state index contributed by atoms with van der Waals surface area (Å²) in [6, 6.07) is 10.2. The Kier molecular flexibility index (Phi) is 6.85. The number of benzene rings is 2. The number of nitro groups is 1. The first-order valence-corrected chi connectivity index (χ1v) is 10.0. The van der Waals surface area contributed by atoms with Gasteiger partial charge < -0.3 is 14.2 Å². The van der Waals surface area contributed by atoms with E-state index in [-0.39, 0.29) is 30.5 Å². The molecule has 144 valence electrons. The van der Waals surface area contributed by atoms with Gasteiger partial charge in [-0.05, 0) is 19.9 Å². The minimum atomic E-state index is -3.57. The van der Waals surface area contributed by atoms with Crippen LogP contribution in [0.2, 0.25) is 0 Å². The fourth-order valence-electron chi connectivity index (χ4n) is 2.59. The fraction of sp³-hybridized carbons (Fsp3) is 0.278.